The quantitative estimate of drug-likeness (QED) is 0.616. The van der Waals surface area contributed by atoms with Gasteiger partial charge in [0.25, 0.3) is 0 Å². The van der Waals surface area contributed by atoms with Gasteiger partial charge in [-0.15, -0.1) is 0 Å². The molecule has 0 aromatic heterocycles. The molecule has 0 aromatic rings. The fraction of sp³-hybridized carbons (Fsp3) is 0.778. The molecule has 0 heterocycles. The lowest BCUT2D eigenvalue weighted by molar-refractivity contribution is 0.0712. The molecule has 2 nitrogen and oxygen atoms in total. The van der Waals surface area contributed by atoms with Crippen LogP contribution in [0, 0.1) is 5.92 Å². The SMILES string of the molecule is CCC(OC)C(C)/C=C/CO. The second-order valence-electron chi connectivity index (χ2n) is 2.65. The molecule has 0 rings (SSSR count). The Labute approximate surface area is 68.9 Å². The fourth-order valence-electron chi connectivity index (χ4n) is 1.15. The first kappa shape index (κ1) is 10.7. The van der Waals surface area contributed by atoms with Crippen LogP contribution in [0.4, 0.5) is 0 Å². The van der Waals surface area contributed by atoms with Gasteiger partial charge in [-0.05, 0) is 6.42 Å². The molecule has 0 radical (unpaired) electrons. The maximum atomic E-state index is 8.51. The highest BCUT2D eigenvalue weighted by Gasteiger charge is 2.10. The van der Waals surface area contributed by atoms with E-state index < -0.39 is 0 Å². The maximum Gasteiger partial charge on any atom is 0.0628 e. The van der Waals surface area contributed by atoms with Crippen LogP contribution < -0.4 is 0 Å². The van der Waals surface area contributed by atoms with Crippen molar-refractivity contribution in [1.82, 2.24) is 0 Å². The second-order valence-corrected chi connectivity index (χ2v) is 2.65. The number of ether oxygens (including phenoxy) is 1. The van der Waals surface area contributed by atoms with Crippen LogP contribution >= 0.6 is 0 Å². The maximum absolute atomic E-state index is 8.51. The van der Waals surface area contributed by atoms with Gasteiger partial charge in [0.05, 0.1) is 12.7 Å². The zero-order valence-electron chi connectivity index (χ0n) is 7.58. The van der Waals surface area contributed by atoms with Gasteiger partial charge < -0.3 is 9.84 Å². The minimum Gasteiger partial charge on any atom is -0.392 e. The van der Waals surface area contributed by atoms with Gasteiger partial charge >= 0.3 is 0 Å². The molecule has 0 bridgehead atoms. The second kappa shape index (κ2) is 6.38. The fourth-order valence-corrected chi connectivity index (χ4v) is 1.15. The van der Waals surface area contributed by atoms with E-state index >= 15 is 0 Å². The van der Waals surface area contributed by atoms with Gasteiger partial charge in [0.15, 0.2) is 0 Å². The molecule has 11 heavy (non-hydrogen) atoms. The summed E-state index contributed by atoms with van der Waals surface area (Å²) in [6.45, 7) is 4.30. The predicted molar refractivity (Wildman–Crippen MR) is 46.5 cm³/mol. The van der Waals surface area contributed by atoms with Crippen molar-refractivity contribution < 1.29 is 9.84 Å². The lowest BCUT2D eigenvalue weighted by Crippen LogP contribution is -2.17. The number of methoxy groups -OCH3 is 1. The van der Waals surface area contributed by atoms with Gasteiger partial charge in [0.2, 0.25) is 0 Å². The smallest absolute Gasteiger partial charge is 0.0628 e. The summed E-state index contributed by atoms with van der Waals surface area (Å²) < 4.78 is 5.23. The minimum absolute atomic E-state index is 0.116. The number of rotatable bonds is 5. The first-order valence-electron chi connectivity index (χ1n) is 4.06. The summed E-state index contributed by atoms with van der Waals surface area (Å²) >= 11 is 0. The first-order valence-corrected chi connectivity index (χ1v) is 4.06. The van der Waals surface area contributed by atoms with Crippen molar-refractivity contribution in [2.24, 2.45) is 5.92 Å². The van der Waals surface area contributed by atoms with Crippen molar-refractivity contribution >= 4 is 0 Å². The van der Waals surface area contributed by atoms with Crippen LogP contribution in [0.25, 0.3) is 0 Å². The summed E-state index contributed by atoms with van der Waals surface area (Å²) in [5, 5.41) is 8.51. The zero-order valence-corrected chi connectivity index (χ0v) is 7.58. The third-order valence-electron chi connectivity index (χ3n) is 1.84. The Morgan fingerprint density at radius 2 is 2.18 bits per heavy atom. The Hall–Kier alpha value is -0.340. The summed E-state index contributed by atoms with van der Waals surface area (Å²) in [4.78, 5) is 0. The highest BCUT2D eigenvalue weighted by Crippen LogP contribution is 2.11. The van der Waals surface area contributed by atoms with E-state index in [0.29, 0.717) is 5.92 Å². The highest BCUT2D eigenvalue weighted by molar-refractivity contribution is 4.89. The Morgan fingerprint density at radius 3 is 2.55 bits per heavy atom. The number of hydrogen-bond acceptors (Lipinski definition) is 2. The molecule has 0 amide bonds. The van der Waals surface area contributed by atoms with E-state index in [0.717, 1.165) is 6.42 Å². The molecule has 0 saturated carbocycles. The van der Waals surface area contributed by atoms with E-state index in [1.54, 1.807) is 13.2 Å². The zero-order chi connectivity index (χ0) is 8.69. The van der Waals surface area contributed by atoms with Gasteiger partial charge in [-0.25, -0.2) is 0 Å². The molecule has 0 saturated heterocycles. The monoisotopic (exact) mass is 158 g/mol. The Kier molecular flexibility index (Phi) is 6.18. The molecular weight excluding hydrogens is 140 g/mol. The lowest BCUT2D eigenvalue weighted by Gasteiger charge is -2.17. The minimum atomic E-state index is 0.116. The van der Waals surface area contributed by atoms with Crippen molar-refractivity contribution in [3.05, 3.63) is 12.2 Å². The molecule has 2 heteroatoms. The van der Waals surface area contributed by atoms with Crippen LogP contribution in [0.15, 0.2) is 12.2 Å². The van der Waals surface area contributed by atoms with E-state index in [9.17, 15) is 0 Å². The van der Waals surface area contributed by atoms with E-state index in [4.69, 9.17) is 9.84 Å². The lowest BCUT2D eigenvalue weighted by atomic mass is 10.0. The summed E-state index contributed by atoms with van der Waals surface area (Å²) in [6.07, 6.45) is 5.02. The number of aliphatic hydroxyl groups is 1. The topological polar surface area (TPSA) is 29.5 Å². The summed E-state index contributed by atoms with van der Waals surface area (Å²) in [5.41, 5.74) is 0. The Balaban J connectivity index is 3.77. The highest BCUT2D eigenvalue weighted by atomic mass is 16.5. The Morgan fingerprint density at radius 1 is 1.55 bits per heavy atom. The normalized spacial score (nSPS) is 17.1. The van der Waals surface area contributed by atoms with Crippen LogP contribution in [-0.4, -0.2) is 24.9 Å². The van der Waals surface area contributed by atoms with Crippen LogP contribution in [0.5, 0.6) is 0 Å². The largest absolute Gasteiger partial charge is 0.392 e. The Bertz CT molecular complexity index is 106. The third kappa shape index (κ3) is 4.17. The standard InChI is InChI=1S/C9H18O2/c1-4-9(11-3)8(2)6-5-7-10/h5-6,8-10H,4,7H2,1-3H3/b6-5+. The van der Waals surface area contributed by atoms with E-state index in [2.05, 4.69) is 13.8 Å². The van der Waals surface area contributed by atoms with Gasteiger partial charge in [-0.1, -0.05) is 26.0 Å². The van der Waals surface area contributed by atoms with Crippen molar-refractivity contribution in [1.29, 1.82) is 0 Å². The molecule has 1 N–H and O–H groups in total. The van der Waals surface area contributed by atoms with Crippen LogP contribution in [0.1, 0.15) is 20.3 Å². The van der Waals surface area contributed by atoms with Gasteiger partial charge in [0, 0.05) is 13.0 Å². The molecule has 0 aliphatic heterocycles. The molecule has 2 atom stereocenters. The molecule has 0 aliphatic carbocycles. The molecule has 2 unspecified atom stereocenters. The summed E-state index contributed by atoms with van der Waals surface area (Å²) in [5.74, 6) is 0.386. The molecule has 0 fully saturated rings. The first-order chi connectivity index (χ1) is 5.26. The predicted octanol–water partition coefficient (Wildman–Crippen LogP) is 1.60. The molecule has 0 spiro atoms. The van der Waals surface area contributed by atoms with E-state index in [1.807, 2.05) is 6.08 Å². The number of hydrogen-bond donors (Lipinski definition) is 1. The van der Waals surface area contributed by atoms with Gasteiger partial charge in [0.1, 0.15) is 0 Å². The molecule has 66 valence electrons. The third-order valence-corrected chi connectivity index (χ3v) is 1.84. The summed E-state index contributed by atoms with van der Waals surface area (Å²) in [6, 6.07) is 0. The molecule has 0 aliphatic rings. The van der Waals surface area contributed by atoms with Crippen LogP contribution in [0.3, 0.4) is 0 Å². The van der Waals surface area contributed by atoms with E-state index in [-0.39, 0.29) is 12.7 Å². The van der Waals surface area contributed by atoms with Gasteiger partial charge in [-0.2, -0.15) is 0 Å². The van der Waals surface area contributed by atoms with E-state index in [1.165, 1.54) is 0 Å². The van der Waals surface area contributed by atoms with Crippen molar-refractivity contribution in [2.45, 2.75) is 26.4 Å². The van der Waals surface area contributed by atoms with Crippen LogP contribution in [-0.2, 0) is 4.74 Å². The molecule has 0 aromatic carbocycles. The number of aliphatic hydroxyl groups excluding tert-OH is 1. The molecular formula is C9H18O2. The summed E-state index contributed by atoms with van der Waals surface area (Å²) in [7, 11) is 1.72. The van der Waals surface area contributed by atoms with Crippen molar-refractivity contribution in [2.75, 3.05) is 13.7 Å². The van der Waals surface area contributed by atoms with Crippen molar-refractivity contribution in [3.63, 3.8) is 0 Å². The van der Waals surface area contributed by atoms with Crippen molar-refractivity contribution in [3.8, 4) is 0 Å². The average molecular weight is 158 g/mol. The average Bonchev–Trinajstić information content (AvgIpc) is 2.03. The van der Waals surface area contributed by atoms with Gasteiger partial charge in [-0.3, -0.25) is 0 Å². The van der Waals surface area contributed by atoms with Crippen LogP contribution in [0.2, 0.25) is 0 Å².